The minimum absolute atomic E-state index is 0.204. The lowest BCUT2D eigenvalue weighted by molar-refractivity contribution is -0.125. The van der Waals surface area contributed by atoms with E-state index in [2.05, 4.69) is 5.32 Å². The molecular formula is C27H26N2O5. The summed E-state index contributed by atoms with van der Waals surface area (Å²) in [6.45, 7) is 2.60. The number of rotatable bonds is 9. The zero-order valence-corrected chi connectivity index (χ0v) is 19.1. The van der Waals surface area contributed by atoms with E-state index in [1.807, 2.05) is 43.3 Å². The maximum atomic E-state index is 13.4. The van der Waals surface area contributed by atoms with Gasteiger partial charge in [0, 0.05) is 13.0 Å². The maximum Gasteiger partial charge on any atom is 0.262 e. The molecule has 0 aromatic heterocycles. The molecule has 7 heteroatoms. The largest absolute Gasteiger partial charge is 0.493 e. The fraction of sp³-hybridized carbons (Fsp3) is 0.222. The minimum Gasteiger partial charge on any atom is -0.493 e. The van der Waals surface area contributed by atoms with Gasteiger partial charge < -0.3 is 14.8 Å². The fourth-order valence-corrected chi connectivity index (χ4v) is 4.03. The van der Waals surface area contributed by atoms with Gasteiger partial charge in [0.15, 0.2) is 11.5 Å². The van der Waals surface area contributed by atoms with Crippen LogP contribution < -0.4 is 14.8 Å². The van der Waals surface area contributed by atoms with E-state index in [0.717, 1.165) is 16.0 Å². The average Bonchev–Trinajstić information content (AvgIpc) is 3.12. The van der Waals surface area contributed by atoms with Crippen LogP contribution in [0, 0.1) is 0 Å². The van der Waals surface area contributed by atoms with Crippen LogP contribution in [0.2, 0.25) is 0 Å². The molecule has 7 nitrogen and oxygen atoms in total. The number of nitrogens with one attached hydrogen (secondary N) is 1. The van der Waals surface area contributed by atoms with E-state index in [0.29, 0.717) is 29.2 Å². The summed E-state index contributed by atoms with van der Waals surface area (Å²) in [6.07, 6.45) is 0.213. The molecule has 0 aliphatic carbocycles. The van der Waals surface area contributed by atoms with Gasteiger partial charge in [-0.25, -0.2) is 0 Å². The Morgan fingerprint density at radius 1 is 0.882 bits per heavy atom. The Morgan fingerprint density at radius 3 is 2.15 bits per heavy atom. The molecule has 174 valence electrons. The SMILES string of the molecule is CCOc1ccc(CNC(=O)C(Cc2ccccc2)N2C(=O)c3ccccc3C2=O)cc1OC. The Labute approximate surface area is 198 Å². The summed E-state index contributed by atoms with van der Waals surface area (Å²) in [6, 6.07) is 20.4. The van der Waals surface area contributed by atoms with Crippen molar-refractivity contribution in [1.29, 1.82) is 0 Å². The summed E-state index contributed by atoms with van der Waals surface area (Å²) in [7, 11) is 1.55. The first kappa shape index (κ1) is 23.0. The molecule has 1 aliphatic heterocycles. The first-order valence-electron chi connectivity index (χ1n) is 11.1. The standard InChI is InChI=1S/C27H26N2O5/c1-3-34-23-14-13-19(16-24(23)33-2)17-28-25(30)22(15-18-9-5-4-6-10-18)29-26(31)20-11-7-8-12-21(20)27(29)32/h4-14,16,22H,3,15,17H2,1-2H3,(H,28,30). The van der Waals surface area contributed by atoms with Crippen molar-refractivity contribution in [2.45, 2.75) is 25.9 Å². The van der Waals surface area contributed by atoms with E-state index >= 15 is 0 Å². The quantitative estimate of drug-likeness (QED) is 0.495. The topological polar surface area (TPSA) is 84.9 Å². The molecular weight excluding hydrogens is 432 g/mol. The van der Waals surface area contributed by atoms with Gasteiger partial charge in [0.05, 0.1) is 24.8 Å². The van der Waals surface area contributed by atoms with Gasteiger partial charge in [0.2, 0.25) is 5.91 Å². The number of nitrogens with zero attached hydrogens (tertiary/aromatic N) is 1. The molecule has 3 amide bonds. The molecule has 0 spiro atoms. The number of hydrogen-bond acceptors (Lipinski definition) is 5. The number of hydrogen-bond donors (Lipinski definition) is 1. The molecule has 4 rings (SSSR count). The van der Waals surface area contributed by atoms with Gasteiger partial charge in [-0.3, -0.25) is 19.3 Å². The van der Waals surface area contributed by atoms with Crippen LogP contribution in [-0.4, -0.2) is 42.4 Å². The van der Waals surface area contributed by atoms with Crippen molar-refractivity contribution >= 4 is 17.7 Å². The highest BCUT2D eigenvalue weighted by Crippen LogP contribution is 2.29. The second-order valence-corrected chi connectivity index (χ2v) is 7.87. The summed E-state index contributed by atoms with van der Waals surface area (Å²) in [4.78, 5) is 40.6. The number of carbonyl (C=O) groups is 3. The number of imide groups is 1. The molecule has 1 unspecified atom stereocenters. The number of methoxy groups -OCH3 is 1. The summed E-state index contributed by atoms with van der Waals surface area (Å²) in [5.74, 6) is -0.145. The van der Waals surface area contributed by atoms with E-state index in [-0.39, 0.29) is 13.0 Å². The van der Waals surface area contributed by atoms with E-state index in [4.69, 9.17) is 9.47 Å². The van der Waals surface area contributed by atoms with Gasteiger partial charge in [0.25, 0.3) is 11.8 Å². The fourth-order valence-electron chi connectivity index (χ4n) is 4.03. The molecule has 0 radical (unpaired) electrons. The van der Waals surface area contributed by atoms with E-state index in [1.165, 1.54) is 0 Å². The lowest BCUT2D eigenvalue weighted by atomic mass is 10.0. The van der Waals surface area contributed by atoms with Gasteiger partial charge >= 0.3 is 0 Å². The summed E-state index contributed by atoms with van der Waals surface area (Å²) in [5.41, 5.74) is 2.28. The van der Waals surface area contributed by atoms with Gasteiger partial charge in [-0.2, -0.15) is 0 Å². The number of benzene rings is 3. The number of fused-ring (bicyclic) bond motifs is 1. The molecule has 1 aliphatic rings. The summed E-state index contributed by atoms with van der Waals surface area (Å²) >= 11 is 0. The van der Waals surface area contributed by atoms with Crippen molar-refractivity contribution < 1.29 is 23.9 Å². The van der Waals surface area contributed by atoms with Gasteiger partial charge in [-0.15, -0.1) is 0 Å². The van der Waals surface area contributed by atoms with Gasteiger partial charge in [-0.1, -0.05) is 48.5 Å². The molecule has 0 saturated heterocycles. The zero-order chi connectivity index (χ0) is 24.1. The number of ether oxygens (including phenoxy) is 2. The van der Waals surface area contributed by atoms with Crippen molar-refractivity contribution in [3.63, 3.8) is 0 Å². The molecule has 1 atom stereocenters. The third-order valence-corrected chi connectivity index (χ3v) is 5.71. The highest BCUT2D eigenvalue weighted by Gasteiger charge is 2.42. The molecule has 0 bridgehead atoms. The van der Waals surface area contributed by atoms with Crippen LogP contribution in [0.5, 0.6) is 11.5 Å². The Hall–Kier alpha value is -4.13. The van der Waals surface area contributed by atoms with Crippen molar-refractivity contribution in [1.82, 2.24) is 10.2 Å². The Morgan fingerprint density at radius 2 is 1.53 bits per heavy atom. The van der Waals surface area contributed by atoms with Crippen LogP contribution in [-0.2, 0) is 17.8 Å². The molecule has 0 saturated carbocycles. The lowest BCUT2D eigenvalue weighted by Gasteiger charge is -2.25. The predicted molar refractivity (Wildman–Crippen MR) is 127 cm³/mol. The summed E-state index contributed by atoms with van der Waals surface area (Å²) in [5, 5.41) is 2.89. The number of carbonyl (C=O) groups excluding carboxylic acids is 3. The van der Waals surface area contributed by atoms with Crippen LogP contribution in [0.1, 0.15) is 38.8 Å². The first-order chi connectivity index (χ1) is 16.5. The van der Waals surface area contributed by atoms with Crippen molar-refractivity contribution in [3.05, 3.63) is 95.1 Å². The normalized spacial score (nSPS) is 13.4. The van der Waals surface area contributed by atoms with E-state index in [9.17, 15) is 14.4 Å². The van der Waals surface area contributed by atoms with Crippen LogP contribution in [0.15, 0.2) is 72.8 Å². The maximum absolute atomic E-state index is 13.4. The third-order valence-electron chi connectivity index (χ3n) is 5.71. The second-order valence-electron chi connectivity index (χ2n) is 7.87. The van der Waals surface area contributed by atoms with Gasteiger partial charge in [-0.05, 0) is 42.3 Å². The zero-order valence-electron chi connectivity index (χ0n) is 19.1. The Bertz CT molecular complexity index is 1170. The molecule has 0 fully saturated rings. The highest BCUT2D eigenvalue weighted by atomic mass is 16.5. The predicted octanol–water partition coefficient (Wildman–Crippen LogP) is 3.62. The third kappa shape index (κ3) is 4.64. The van der Waals surface area contributed by atoms with Crippen LogP contribution in [0.4, 0.5) is 0 Å². The van der Waals surface area contributed by atoms with Crippen molar-refractivity contribution in [2.75, 3.05) is 13.7 Å². The minimum atomic E-state index is -0.987. The van der Waals surface area contributed by atoms with Gasteiger partial charge in [0.1, 0.15) is 6.04 Å². The lowest BCUT2D eigenvalue weighted by Crippen LogP contribution is -2.50. The molecule has 3 aromatic rings. The van der Waals surface area contributed by atoms with Crippen molar-refractivity contribution in [3.8, 4) is 11.5 Å². The van der Waals surface area contributed by atoms with Crippen LogP contribution >= 0.6 is 0 Å². The monoisotopic (exact) mass is 458 g/mol. The molecule has 34 heavy (non-hydrogen) atoms. The Balaban J connectivity index is 1.57. The molecule has 1 heterocycles. The highest BCUT2D eigenvalue weighted by molar-refractivity contribution is 6.22. The van der Waals surface area contributed by atoms with Crippen molar-refractivity contribution in [2.24, 2.45) is 0 Å². The second kappa shape index (κ2) is 10.2. The first-order valence-corrected chi connectivity index (χ1v) is 11.1. The molecule has 1 N–H and O–H groups in total. The van der Waals surface area contributed by atoms with Crippen LogP contribution in [0.25, 0.3) is 0 Å². The van der Waals surface area contributed by atoms with E-state index < -0.39 is 23.8 Å². The average molecular weight is 459 g/mol. The molecule has 3 aromatic carbocycles. The number of amides is 3. The van der Waals surface area contributed by atoms with Crippen LogP contribution in [0.3, 0.4) is 0 Å². The van der Waals surface area contributed by atoms with E-state index in [1.54, 1.807) is 43.5 Å². The summed E-state index contributed by atoms with van der Waals surface area (Å²) < 4.78 is 10.9. The smallest absolute Gasteiger partial charge is 0.262 e. The Kier molecular flexibility index (Phi) is 6.92.